The molecule has 1 amide bonds. The quantitative estimate of drug-likeness (QED) is 0.710. The van der Waals surface area contributed by atoms with Gasteiger partial charge in [-0.25, -0.2) is 13.1 Å². The molecule has 1 aromatic heterocycles. The fraction of sp³-hybridized carbons (Fsp3) is 0.643. The molecule has 22 heavy (non-hydrogen) atoms. The summed E-state index contributed by atoms with van der Waals surface area (Å²) in [7, 11) is -2.38. The van der Waals surface area contributed by atoms with Crippen LogP contribution in [-0.2, 0) is 10.0 Å². The summed E-state index contributed by atoms with van der Waals surface area (Å²) in [5, 5.41) is 5.93. The van der Waals surface area contributed by atoms with Crippen molar-refractivity contribution in [1.82, 2.24) is 15.4 Å². The van der Waals surface area contributed by atoms with E-state index in [4.69, 9.17) is 4.42 Å². The molecule has 2 rings (SSSR count). The van der Waals surface area contributed by atoms with Crippen LogP contribution in [0.2, 0.25) is 0 Å². The number of hydrogen-bond donors (Lipinski definition) is 3. The normalized spacial score (nSPS) is 19.1. The number of hydrogen-bond acceptors (Lipinski definition) is 5. The summed E-state index contributed by atoms with van der Waals surface area (Å²) >= 11 is 0. The highest BCUT2D eigenvalue weighted by molar-refractivity contribution is 7.89. The second kappa shape index (κ2) is 7.26. The summed E-state index contributed by atoms with van der Waals surface area (Å²) < 4.78 is 30.7. The van der Waals surface area contributed by atoms with Crippen molar-refractivity contribution >= 4 is 15.9 Å². The molecule has 0 aliphatic carbocycles. The highest BCUT2D eigenvalue weighted by Crippen LogP contribution is 2.19. The van der Waals surface area contributed by atoms with Gasteiger partial charge < -0.3 is 15.1 Å². The van der Waals surface area contributed by atoms with Gasteiger partial charge in [0.1, 0.15) is 5.76 Å². The zero-order valence-electron chi connectivity index (χ0n) is 12.9. The average Bonchev–Trinajstić information content (AvgIpc) is 2.91. The zero-order chi connectivity index (χ0) is 16.2. The molecule has 0 radical (unpaired) electrons. The largest absolute Gasteiger partial charge is 0.448 e. The third kappa shape index (κ3) is 4.08. The van der Waals surface area contributed by atoms with Gasteiger partial charge in [-0.3, -0.25) is 4.79 Å². The maximum absolute atomic E-state index is 12.1. The lowest BCUT2D eigenvalue weighted by atomic mass is 9.96. The highest BCUT2D eigenvalue weighted by Gasteiger charge is 2.22. The number of amides is 1. The smallest absolute Gasteiger partial charge is 0.273 e. The first-order valence-corrected chi connectivity index (χ1v) is 8.95. The molecule has 0 bridgehead atoms. The van der Waals surface area contributed by atoms with Crippen LogP contribution in [0, 0.1) is 12.8 Å². The Morgan fingerprint density at radius 2 is 2.27 bits per heavy atom. The molecular formula is C14H23N3O4S. The van der Waals surface area contributed by atoms with E-state index in [1.54, 1.807) is 6.92 Å². The minimum Gasteiger partial charge on any atom is -0.448 e. The number of piperidine rings is 1. The molecule has 1 saturated heterocycles. The Hall–Kier alpha value is -1.38. The first kappa shape index (κ1) is 17.0. The molecule has 1 unspecified atom stereocenters. The van der Waals surface area contributed by atoms with Gasteiger partial charge in [-0.2, -0.15) is 0 Å². The van der Waals surface area contributed by atoms with Crippen molar-refractivity contribution in [3.8, 4) is 0 Å². The van der Waals surface area contributed by atoms with Crippen LogP contribution in [0.4, 0.5) is 0 Å². The van der Waals surface area contributed by atoms with Crippen LogP contribution >= 0.6 is 0 Å². The second-order valence-corrected chi connectivity index (χ2v) is 7.32. The standard InChI is InChI=1S/C14H23N3O4S/c1-10-12(8-13(21-10)22(19,20)15-2)14(18)17-7-5-11-4-3-6-16-9-11/h8,11,15-16H,3-7,9H2,1-2H3,(H,17,18). The van der Waals surface area contributed by atoms with Crippen molar-refractivity contribution in [1.29, 1.82) is 0 Å². The number of aryl methyl sites for hydroxylation is 1. The molecule has 1 fully saturated rings. The molecule has 124 valence electrons. The van der Waals surface area contributed by atoms with Crippen LogP contribution in [0.25, 0.3) is 0 Å². The fourth-order valence-corrected chi connectivity index (χ4v) is 3.28. The highest BCUT2D eigenvalue weighted by atomic mass is 32.2. The van der Waals surface area contributed by atoms with Gasteiger partial charge in [0, 0.05) is 12.6 Å². The molecule has 2 heterocycles. The van der Waals surface area contributed by atoms with Gasteiger partial charge in [-0.05, 0) is 52.2 Å². The first-order valence-electron chi connectivity index (χ1n) is 7.47. The number of furan rings is 1. The van der Waals surface area contributed by atoms with Gasteiger partial charge >= 0.3 is 0 Å². The van der Waals surface area contributed by atoms with Gasteiger partial charge in [0.15, 0.2) is 0 Å². The van der Waals surface area contributed by atoms with Gasteiger partial charge in [0.2, 0.25) is 5.09 Å². The SMILES string of the molecule is CNS(=O)(=O)c1cc(C(=O)NCCC2CCCNC2)c(C)o1. The third-order valence-corrected chi connectivity index (χ3v) is 5.18. The average molecular weight is 329 g/mol. The fourth-order valence-electron chi connectivity index (χ4n) is 2.57. The van der Waals surface area contributed by atoms with Crippen LogP contribution in [-0.4, -0.2) is 41.0 Å². The molecule has 8 heteroatoms. The molecule has 7 nitrogen and oxygen atoms in total. The van der Waals surface area contributed by atoms with Crippen molar-refractivity contribution in [2.75, 3.05) is 26.7 Å². The Morgan fingerprint density at radius 3 is 2.91 bits per heavy atom. The Labute approximate surface area is 130 Å². The lowest BCUT2D eigenvalue weighted by Crippen LogP contribution is -2.33. The maximum atomic E-state index is 12.1. The van der Waals surface area contributed by atoms with Crippen molar-refractivity contribution < 1.29 is 17.6 Å². The molecule has 0 saturated carbocycles. The molecular weight excluding hydrogens is 306 g/mol. The summed E-state index contributed by atoms with van der Waals surface area (Å²) in [5.74, 6) is 0.577. The summed E-state index contributed by atoms with van der Waals surface area (Å²) in [4.78, 5) is 12.1. The summed E-state index contributed by atoms with van der Waals surface area (Å²) in [5.41, 5.74) is 0.260. The molecule has 1 aliphatic heterocycles. The first-order chi connectivity index (χ1) is 10.4. The van der Waals surface area contributed by atoms with Crippen molar-refractivity contribution in [3.05, 3.63) is 17.4 Å². The lowest BCUT2D eigenvalue weighted by Gasteiger charge is -2.22. The summed E-state index contributed by atoms with van der Waals surface area (Å²) in [6.07, 6.45) is 3.26. The van der Waals surface area contributed by atoms with Crippen LogP contribution in [0.5, 0.6) is 0 Å². The van der Waals surface area contributed by atoms with E-state index in [0.29, 0.717) is 18.2 Å². The number of carbonyl (C=O) groups excluding carboxylic acids is 1. The lowest BCUT2D eigenvalue weighted by molar-refractivity contribution is 0.0949. The van der Waals surface area contributed by atoms with Crippen LogP contribution in [0.15, 0.2) is 15.6 Å². The predicted molar refractivity (Wildman–Crippen MR) is 82.2 cm³/mol. The zero-order valence-corrected chi connectivity index (χ0v) is 13.8. The van der Waals surface area contributed by atoms with Crippen LogP contribution in [0.1, 0.15) is 35.4 Å². The number of sulfonamides is 1. The van der Waals surface area contributed by atoms with Crippen molar-refractivity contribution in [2.24, 2.45) is 5.92 Å². The van der Waals surface area contributed by atoms with E-state index in [1.165, 1.54) is 26.0 Å². The number of nitrogens with one attached hydrogen (secondary N) is 3. The van der Waals surface area contributed by atoms with E-state index < -0.39 is 10.0 Å². The van der Waals surface area contributed by atoms with Gasteiger partial charge in [-0.1, -0.05) is 0 Å². The minimum atomic E-state index is -3.68. The topological polar surface area (TPSA) is 100 Å². The van der Waals surface area contributed by atoms with Crippen molar-refractivity contribution in [3.63, 3.8) is 0 Å². The number of rotatable bonds is 6. The Morgan fingerprint density at radius 1 is 1.50 bits per heavy atom. The minimum absolute atomic E-state index is 0.242. The molecule has 3 N–H and O–H groups in total. The Bertz CT molecular complexity index is 618. The number of carbonyl (C=O) groups is 1. The van der Waals surface area contributed by atoms with Crippen LogP contribution in [0.3, 0.4) is 0 Å². The molecule has 0 aromatic carbocycles. The van der Waals surface area contributed by atoms with Gasteiger partial charge in [-0.15, -0.1) is 0 Å². The molecule has 1 atom stereocenters. The monoisotopic (exact) mass is 329 g/mol. The summed E-state index contributed by atoms with van der Waals surface area (Å²) in [6, 6.07) is 1.26. The van der Waals surface area contributed by atoms with Gasteiger partial charge in [0.25, 0.3) is 15.9 Å². The Kier molecular flexibility index (Phi) is 5.60. The molecule has 1 aromatic rings. The van der Waals surface area contributed by atoms with Gasteiger partial charge in [0.05, 0.1) is 5.56 Å². The summed E-state index contributed by atoms with van der Waals surface area (Å²) in [6.45, 7) is 4.21. The third-order valence-electron chi connectivity index (χ3n) is 3.91. The van der Waals surface area contributed by atoms with Crippen molar-refractivity contribution in [2.45, 2.75) is 31.3 Å². The second-order valence-electron chi connectivity index (χ2n) is 5.50. The van der Waals surface area contributed by atoms with E-state index in [0.717, 1.165) is 19.5 Å². The predicted octanol–water partition coefficient (Wildman–Crippen LogP) is 0.616. The molecule has 1 aliphatic rings. The van der Waals surface area contributed by atoms with E-state index in [1.807, 2.05) is 0 Å². The Balaban J connectivity index is 1.92. The van der Waals surface area contributed by atoms with E-state index >= 15 is 0 Å². The molecule has 0 spiro atoms. The van der Waals surface area contributed by atoms with E-state index in [2.05, 4.69) is 15.4 Å². The van der Waals surface area contributed by atoms with E-state index in [9.17, 15) is 13.2 Å². The maximum Gasteiger partial charge on any atom is 0.273 e. The van der Waals surface area contributed by atoms with E-state index in [-0.39, 0.29) is 16.6 Å². The van der Waals surface area contributed by atoms with Crippen LogP contribution < -0.4 is 15.4 Å².